The lowest BCUT2D eigenvalue weighted by atomic mass is 10.2. The molecule has 0 fully saturated rings. The van der Waals surface area contributed by atoms with E-state index in [0.29, 0.717) is 23.1 Å². The fraction of sp³-hybridized carbons (Fsp3) is 0.136. The molecule has 0 atom stereocenters. The third kappa shape index (κ3) is 3.31. The molecule has 0 unspecified atom stereocenters. The molecule has 4 aromatic rings. The maximum atomic E-state index is 13.0. The van der Waals surface area contributed by atoms with Crippen molar-refractivity contribution in [1.29, 1.82) is 0 Å². The van der Waals surface area contributed by atoms with Gasteiger partial charge in [-0.1, -0.05) is 41.1 Å². The van der Waals surface area contributed by atoms with Gasteiger partial charge in [0.1, 0.15) is 5.82 Å². The highest BCUT2D eigenvalue weighted by Crippen LogP contribution is 2.17. The van der Waals surface area contributed by atoms with Crippen molar-refractivity contribution < 1.29 is 0 Å². The Labute approximate surface area is 171 Å². The highest BCUT2D eigenvalue weighted by molar-refractivity contribution is 9.10. The van der Waals surface area contributed by atoms with E-state index in [1.165, 1.54) is 4.68 Å². The molecule has 0 saturated heterocycles. The van der Waals surface area contributed by atoms with Gasteiger partial charge in [-0.25, -0.2) is 4.98 Å². The monoisotopic (exact) mass is 434 g/mol. The third-order valence-corrected chi connectivity index (χ3v) is 5.15. The van der Waals surface area contributed by atoms with Gasteiger partial charge in [0, 0.05) is 22.8 Å². The predicted octanol–water partition coefficient (Wildman–Crippen LogP) is 4.70. The largest absolute Gasteiger partial charge is 0.315 e. The summed E-state index contributed by atoms with van der Waals surface area (Å²) in [7, 11) is 0. The Morgan fingerprint density at radius 3 is 2.75 bits per heavy atom. The summed E-state index contributed by atoms with van der Waals surface area (Å²) < 4.78 is 4.29. The van der Waals surface area contributed by atoms with E-state index in [2.05, 4.69) is 49.6 Å². The van der Waals surface area contributed by atoms with Gasteiger partial charge in [-0.05, 0) is 48.9 Å². The number of nitrogens with zero attached hydrogens (tertiary/aromatic N) is 4. The van der Waals surface area contributed by atoms with Crippen LogP contribution in [0.3, 0.4) is 0 Å². The van der Waals surface area contributed by atoms with Crippen molar-refractivity contribution in [2.75, 3.05) is 0 Å². The molecule has 0 bridgehead atoms. The van der Waals surface area contributed by atoms with Crippen LogP contribution in [0.1, 0.15) is 24.0 Å². The Balaban J connectivity index is 1.83. The summed E-state index contributed by atoms with van der Waals surface area (Å²) in [4.78, 5) is 17.6. The molecule has 0 spiro atoms. The fourth-order valence-electron chi connectivity index (χ4n) is 3.21. The Bertz CT molecular complexity index is 1250. The van der Waals surface area contributed by atoms with E-state index in [9.17, 15) is 4.79 Å². The fourth-order valence-corrected chi connectivity index (χ4v) is 3.57. The first-order valence-electron chi connectivity index (χ1n) is 9.07. The van der Waals surface area contributed by atoms with Crippen molar-refractivity contribution in [2.24, 2.45) is 5.10 Å². The average Bonchev–Trinajstić information content (AvgIpc) is 3.16. The molecular formula is C22H19BrN4O. The van der Waals surface area contributed by atoms with Gasteiger partial charge in [-0.3, -0.25) is 4.79 Å². The summed E-state index contributed by atoms with van der Waals surface area (Å²) in [5, 5.41) is 5.04. The lowest BCUT2D eigenvalue weighted by Crippen LogP contribution is -2.22. The number of hydrogen-bond acceptors (Lipinski definition) is 3. The van der Waals surface area contributed by atoms with Gasteiger partial charge in [0.25, 0.3) is 5.56 Å². The molecule has 0 N–H and O–H groups in total. The molecule has 5 nitrogen and oxygen atoms in total. The molecule has 2 aromatic carbocycles. The van der Waals surface area contributed by atoms with Crippen LogP contribution in [0.25, 0.3) is 16.6 Å². The second-order valence-corrected chi connectivity index (χ2v) is 7.41. The first-order valence-corrected chi connectivity index (χ1v) is 9.86. The molecule has 6 heteroatoms. The van der Waals surface area contributed by atoms with Gasteiger partial charge in [0.15, 0.2) is 0 Å². The van der Waals surface area contributed by atoms with Gasteiger partial charge in [0.2, 0.25) is 0 Å². The van der Waals surface area contributed by atoms with Crippen LogP contribution >= 0.6 is 15.9 Å². The first-order chi connectivity index (χ1) is 13.6. The molecule has 4 rings (SSSR count). The molecule has 0 aliphatic rings. The Hall–Kier alpha value is -2.99. The molecule has 0 aliphatic carbocycles. The zero-order valence-corrected chi connectivity index (χ0v) is 17.2. The minimum atomic E-state index is -0.173. The summed E-state index contributed by atoms with van der Waals surface area (Å²) in [6.07, 6.45) is 4.30. The maximum absolute atomic E-state index is 13.0. The SMILES string of the molecule is CCc1nc2ccc(Br)cc2c(=O)n1N=Cc1cccn1-c1ccccc1C. The molecule has 28 heavy (non-hydrogen) atoms. The second-order valence-electron chi connectivity index (χ2n) is 6.49. The van der Waals surface area contributed by atoms with E-state index in [1.54, 1.807) is 12.3 Å². The molecule has 140 valence electrons. The highest BCUT2D eigenvalue weighted by Gasteiger charge is 2.10. The van der Waals surface area contributed by atoms with E-state index in [0.717, 1.165) is 21.4 Å². The lowest BCUT2D eigenvalue weighted by molar-refractivity contribution is 0.734. The number of rotatable bonds is 4. The van der Waals surface area contributed by atoms with Crippen LogP contribution in [0.2, 0.25) is 0 Å². The number of benzene rings is 2. The average molecular weight is 435 g/mol. The van der Waals surface area contributed by atoms with Crippen molar-refractivity contribution in [2.45, 2.75) is 20.3 Å². The minimum absolute atomic E-state index is 0.173. The zero-order chi connectivity index (χ0) is 19.7. The number of para-hydroxylation sites is 1. The molecular weight excluding hydrogens is 416 g/mol. The highest BCUT2D eigenvalue weighted by atomic mass is 79.9. The number of halogens is 1. The van der Waals surface area contributed by atoms with Crippen LogP contribution in [0.5, 0.6) is 0 Å². The summed E-state index contributed by atoms with van der Waals surface area (Å²) in [6, 6.07) is 17.6. The second kappa shape index (κ2) is 7.56. The summed E-state index contributed by atoms with van der Waals surface area (Å²) in [5.41, 5.74) is 3.64. The van der Waals surface area contributed by atoms with Crippen LogP contribution in [0.15, 0.2) is 75.2 Å². The molecule has 2 aromatic heterocycles. The van der Waals surface area contributed by atoms with Gasteiger partial charge >= 0.3 is 0 Å². The van der Waals surface area contributed by atoms with Crippen LogP contribution in [0, 0.1) is 6.92 Å². The van der Waals surface area contributed by atoms with Crippen molar-refractivity contribution in [1.82, 2.24) is 14.2 Å². The topological polar surface area (TPSA) is 52.2 Å². The number of aryl methyl sites for hydroxylation is 2. The quantitative estimate of drug-likeness (QED) is 0.437. The van der Waals surface area contributed by atoms with Crippen molar-refractivity contribution in [3.05, 3.63) is 92.7 Å². The summed E-state index contributed by atoms with van der Waals surface area (Å²) >= 11 is 3.42. The van der Waals surface area contributed by atoms with Crippen molar-refractivity contribution >= 4 is 33.0 Å². The first kappa shape index (κ1) is 18.4. The van der Waals surface area contributed by atoms with E-state index in [-0.39, 0.29) is 5.56 Å². The normalized spacial score (nSPS) is 11.5. The summed E-state index contributed by atoms with van der Waals surface area (Å²) in [6.45, 7) is 4.04. The molecule has 0 radical (unpaired) electrons. The molecule has 0 amide bonds. The lowest BCUT2D eigenvalue weighted by Gasteiger charge is -2.10. The van der Waals surface area contributed by atoms with Gasteiger partial charge in [-0.2, -0.15) is 9.78 Å². The van der Waals surface area contributed by atoms with Crippen LogP contribution in [0.4, 0.5) is 0 Å². The molecule has 2 heterocycles. The third-order valence-electron chi connectivity index (χ3n) is 4.65. The van der Waals surface area contributed by atoms with Crippen LogP contribution in [-0.2, 0) is 6.42 Å². The number of hydrogen-bond donors (Lipinski definition) is 0. The number of fused-ring (bicyclic) bond motifs is 1. The van der Waals surface area contributed by atoms with Gasteiger partial charge < -0.3 is 4.57 Å². The predicted molar refractivity (Wildman–Crippen MR) is 117 cm³/mol. The summed E-state index contributed by atoms with van der Waals surface area (Å²) in [5.74, 6) is 0.630. The molecule has 0 saturated carbocycles. The Kier molecular flexibility index (Phi) is 4.96. The number of aromatic nitrogens is 3. The van der Waals surface area contributed by atoms with Gasteiger partial charge in [-0.15, -0.1) is 0 Å². The van der Waals surface area contributed by atoms with Gasteiger partial charge in [0.05, 0.1) is 22.8 Å². The van der Waals surface area contributed by atoms with Crippen molar-refractivity contribution in [3.63, 3.8) is 0 Å². The minimum Gasteiger partial charge on any atom is -0.315 e. The Morgan fingerprint density at radius 2 is 1.96 bits per heavy atom. The van der Waals surface area contributed by atoms with E-state index < -0.39 is 0 Å². The smallest absolute Gasteiger partial charge is 0.282 e. The van der Waals surface area contributed by atoms with Crippen LogP contribution in [-0.4, -0.2) is 20.4 Å². The zero-order valence-electron chi connectivity index (χ0n) is 15.6. The van der Waals surface area contributed by atoms with E-state index >= 15 is 0 Å². The van der Waals surface area contributed by atoms with E-state index in [1.807, 2.05) is 49.5 Å². The Morgan fingerprint density at radius 1 is 1.14 bits per heavy atom. The van der Waals surface area contributed by atoms with Crippen LogP contribution < -0.4 is 5.56 Å². The van der Waals surface area contributed by atoms with Crippen molar-refractivity contribution in [3.8, 4) is 5.69 Å². The maximum Gasteiger partial charge on any atom is 0.282 e. The standard InChI is InChI=1S/C22H19BrN4O/c1-3-21-25-19-11-10-16(23)13-18(19)22(28)27(21)24-14-17-8-6-12-26(17)20-9-5-4-7-15(20)2/h4-14H,3H2,1-2H3. The van der Waals surface area contributed by atoms with E-state index in [4.69, 9.17) is 0 Å². The molecule has 0 aliphatic heterocycles.